The second-order valence-corrected chi connectivity index (χ2v) is 8.49. The van der Waals surface area contributed by atoms with E-state index < -0.39 is 0 Å². The fourth-order valence-electron chi connectivity index (χ4n) is 1.62. The van der Waals surface area contributed by atoms with Crippen LogP contribution in [0.4, 0.5) is 0 Å². The SMILES string of the molecule is CC.CC(C)CN[C](=[W])NCCC(C)CCC(C)(C)C. The fraction of sp³-hybridized carbons (Fsp3) is 0.941. The molecule has 0 aromatic heterocycles. The Morgan fingerprint density at radius 1 is 1.00 bits per heavy atom. The molecule has 0 rings (SSSR count). The van der Waals surface area contributed by atoms with E-state index in [1.54, 1.807) is 0 Å². The summed E-state index contributed by atoms with van der Waals surface area (Å²) >= 11 is 1.51. The van der Waals surface area contributed by atoms with Crippen LogP contribution in [-0.2, 0) is 19.4 Å². The molecule has 0 aliphatic heterocycles. The minimum absolute atomic E-state index is 0.479. The first-order valence-corrected chi connectivity index (χ1v) is 9.69. The molecule has 0 aliphatic carbocycles. The number of nitrogens with one attached hydrogen (secondary N) is 2. The van der Waals surface area contributed by atoms with Gasteiger partial charge in [-0.3, -0.25) is 0 Å². The Labute approximate surface area is 139 Å². The molecule has 0 fully saturated rings. The third kappa shape index (κ3) is 18.5. The van der Waals surface area contributed by atoms with Crippen molar-refractivity contribution >= 4 is 4.15 Å². The fourth-order valence-corrected chi connectivity index (χ4v) is 2.28. The molecule has 3 heteroatoms. The van der Waals surface area contributed by atoms with Gasteiger partial charge in [-0.2, -0.15) is 0 Å². The summed E-state index contributed by atoms with van der Waals surface area (Å²) in [6, 6.07) is 0. The molecule has 0 amide bonds. The van der Waals surface area contributed by atoms with Gasteiger partial charge >= 0.3 is 125 Å². The summed E-state index contributed by atoms with van der Waals surface area (Å²) in [7, 11) is 0. The topological polar surface area (TPSA) is 24.1 Å². The predicted octanol–water partition coefficient (Wildman–Crippen LogP) is 4.33. The van der Waals surface area contributed by atoms with Crippen molar-refractivity contribution in [1.82, 2.24) is 10.6 Å². The second kappa shape index (κ2) is 13.2. The maximum absolute atomic E-state index is 3.51. The summed E-state index contributed by atoms with van der Waals surface area (Å²) in [5.74, 6) is 1.54. The molecule has 0 saturated carbocycles. The Balaban J connectivity index is 0. The first-order valence-electron chi connectivity index (χ1n) is 8.22. The molecule has 0 bridgehead atoms. The van der Waals surface area contributed by atoms with Gasteiger partial charge in [0.15, 0.2) is 0 Å². The van der Waals surface area contributed by atoms with Crippen molar-refractivity contribution in [1.29, 1.82) is 0 Å². The minimum atomic E-state index is 0.479. The third-order valence-corrected chi connectivity index (χ3v) is 4.02. The molecule has 0 aromatic carbocycles. The zero-order valence-electron chi connectivity index (χ0n) is 15.1. The van der Waals surface area contributed by atoms with Gasteiger partial charge < -0.3 is 0 Å². The van der Waals surface area contributed by atoms with Crippen LogP contribution < -0.4 is 10.6 Å². The van der Waals surface area contributed by atoms with Gasteiger partial charge in [0.1, 0.15) is 0 Å². The standard InChI is InChI=1S/C15H32N2.C2H6.W/c1-13(2)11-17-12-16-10-8-14(3)7-9-15(4,5)6;1-2;/h13-14,16-17H,7-11H2,1-6H3;1-2H3;. The van der Waals surface area contributed by atoms with Crippen molar-refractivity contribution in [2.24, 2.45) is 17.3 Å². The van der Waals surface area contributed by atoms with Crippen molar-refractivity contribution in [3.63, 3.8) is 0 Å². The summed E-state index contributed by atoms with van der Waals surface area (Å²) < 4.78 is 1.30. The average Bonchev–Trinajstić information content (AvgIpc) is 2.35. The molecule has 2 N–H and O–H groups in total. The van der Waals surface area contributed by atoms with E-state index in [0.29, 0.717) is 11.3 Å². The molecular weight excluding hydrogens is 416 g/mol. The molecule has 2 nitrogen and oxygen atoms in total. The van der Waals surface area contributed by atoms with E-state index >= 15 is 0 Å². The van der Waals surface area contributed by atoms with Crippen LogP contribution in [0.25, 0.3) is 0 Å². The molecule has 1 unspecified atom stereocenters. The van der Waals surface area contributed by atoms with Gasteiger partial charge in [0.25, 0.3) is 0 Å². The van der Waals surface area contributed by atoms with Crippen LogP contribution >= 0.6 is 0 Å². The quantitative estimate of drug-likeness (QED) is 0.542. The first-order chi connectivity index (χ1) is 9.20. The number of hydrogen-bond donors (Lipinski definition) is 2. The summed E-state index contributed by atoms with van der Waals surface area (Å²) in [5, 5.41) is 6.96. The van der Waals surface area contributed by atoms with E-state index in [4.69, 9.17) is 0 Å². The normalized spacial score (nSPS) is 12.8. The molecule has 0 aliphatic rings. The Hall–Kier alpha value is 0.478. The summed E-state index contributed by atoms with van der Waals surface area (Å²) in [6.45, 7) is 20.0. The molecule has 0 spiro atoms. The Morgan fingerprint density at radius 2 is 1.55 bits per heavy atom. The van der Waals surface area contributed by atoms with Gasteiger partial charge in [0, 0.05) is 0 Å². The zero-order valence-corrected chi connectivity index (χ0v) is 18.0. The van der Waals surface area contributed by atoms with Crippen LogP contribution in [0.2, 0.25) is 0 Å². The predicted molar refractivity (Wildman–Crippen MR) is 89.7 cm³/mol. The molecule has 0 aromatic rings. The molecule has 1 atom stereocenters. The Morgan fingerprint density at radius 3 is 2.00 bits per heavy atom. The van der Waals surface area contributed by atoms with Gasteiger partial charge in [-0.05, 0) is 0 Å². The van der Waals surface area contributed by atoms with Crippen LogP contribution in [-0.4, -0.2) is 17.2 Å². The number of rotatable bonds is 9. The van der Waals surface area contributed by atoms with E-state index in [2.05, 4.69) is 52.2 Å². The Bertz CT molecular complexity index is 232. The summed E-state index contributed by atoms with van der Waals surface area (Å²) in [5.41, 5.74) is 0.479. The van der Waals surface area contributed by atoms with Gasteiger partial charge in [-0.1, -0.05) is 13.8 Å². The van der Waals surface area contributed by atoms with Crippen LogP contribution in [0.5, 0.6) is 0 Å². The number of hydrogen-bond acceptors (Lipinski definition) is 2. The van der Waals surface area contributed by atoms with Crippen molar-refractivity contribution in [2.75, 3.05) is 13.1 Å². The molecule has 0 heterocycles. The van der Waals surface area contributed by atoms with Crippen LogP contribution in [0.3, 0.4) is 0 Å². The summed E-state index contributed by atoms with van der Waals surface area (Å²) in [6.07, 6.45) is 3.94. The molecule has 20 heavy (non-hydrogen) atoms. The van der Waals surface area contributed by atoms with Gasteiger partial charge in [0.05, 0.1) is 0 Å². The monoisotopic (exact) mass is 454 g/mol. The van der Waals surface area contributed by atoms with Crippen LogP contribution in [0.1, 0.15) is 74.7 Å². The summed E-state index contributed by atoms with van der Waals surface area (Å²) in [4.78, 5) is 0. The molecular formula is C17H38N2W. The van der Waals surface area contributed by atoms with E-state index in [1.165, 1.54) is 42.8 Å². The first kappa shape index (κ1) is 22.8. The van der Waals surface area contributed by atoms with Crippen molar-refractivity contribution in [3.05, 3.63) is 0 Å². The van der Waals surface area contributed by atoms with Crippen molar-refractivity contribution < 1.29 is 19.4 Å². The molecule has 122 valence electrons. The molecule has 0 saturated heterocycles. The zero-order chi connectivity index (χ0) is 16.2. The van der Waals surface area contributed by atoms with E-state index in [9.17, 15) is 0 Å². The van der Waals surface area contributed by atoms with Gasteiger partial charge in [-0.25, -0.2) is 0 Å². The van der Waals surface area contributed by atoms with Gasteiger partial charge in [-0.15, -0.1) is 0 Å². The van der Waals surface area contributed by atoms with E-state index in [1.807, 2.05) is 13.8 Å². The van der Waals surface area contributed by atoms with Crippen molar-refractivity contribution in [3.8, 4) is 0 Å². The second-order valence-electron chi connectivity index (χ2n) is 7.02. The Kier molecular flexibility index (Phi) is 15.0. The molecule has 0 radical (unpaired) electrons. The maximum atomic E-state index is 3.51. The van der Waals surface area contributed by atoms with Gasteiger partial charge in [0.2, 0.25) is 0 Å². The van der Waals surface area contributed by atoms with Crippen molar-refractivity contribution in [2.45, 2.75) is 74.7 Å². The third-order valence-electron chi connectivity index (χ3n) is 2.98. The van der Waals surface area contributed by atoms with Crippen LogP contribution in [0, 0.1) is 17.3 Å². The van der Waals surface area contributed by atoms with E-state index in [0.717, 1.165) is 19.0 Å². The van der Waals surface area contributed by atoms with E-state index in [-0.39, 0.29) is 0 Å². The average molecular weight is 454 g/mol. The van der Waals surface area contributed by atoms with Crippen LogP contribution in [0.15, 0.2) is 0 Å².